The lowest BCUT2D eigenvalue weighted by Gasteiger charge is -2.16. The smallest absolute Gasteiger partial charge is 0.214 e. The van der Waals surface area contributed by atoms with Gasteiger partial charge in [-0.3, -0.25) is 0 Å². The molecule has 0 aliphatic heterocycles. The Labute approximate surface area is 165 Å². The number of pyridine rings is 1. The number of H-pyrrole nitrogens is 1. The molecule has 0 saturated carbocycles. The van der Waals surface area contributed by atoms with Gasteiger partial charge in [0.15, 0.2) is 0 Å². The Morgan fingerprint density at radius 1 is 0.964 bits per heavy atom. The number of nitrogens with one attached hydrogen (secondary N) is 1. The third-order valence-electron chi connectivity index (χ3n) is 4.92. The monoisotopic (exact) mass is 371 g/mol. The molecule has 2 heterocycles. The van der Waals surface area contributed by atoms with E-state index in [2.05, 4.69) is 70.6 Å². The molecule has 0 spiro atoms. The Balaban J connectivity index is 1.41. The van der Waals surface area contributed by atoms with Gasteiger partial charge in [-0.2, -0.15) is 0 Å². The normalized spacial score (nSPS) is 11.2. The Morgan fingerprint density at radius 3 is 2.43 bits per heavy atom. The van der Waals surface area contributed by atoms with E-state index in [0.717, 1.165) is 30.6 Å². The molecular weight excluding hydrogens is 346 g/mol. The third kappa shape index (κ3) is 4.59. The van der Waals surface area contributed by atoms with Gasteiger partial charge in [-0.1, -0.05) is 60.7 Å². The van der Waals surface area contributed by atoms with E-state index in [1.54, 1.807) is 0 Å². The van der Waals surface area contributed by atoms with Crippen LogP contribution in [-0.2, 0) is 19.6 Å². The summed E-state index contributed by atoms with van der Waals surface area (Å²) in [5.41, 5.74) is 4.81. The minimum atomic E-state index is 0.524. The molecule has 2 aromatic heterocycles. The molecule has 0 unspecified atom stereocenters. The van der Waals surface area contributed by atoms with Crippen LogP contribution in [0.3, 0.4) is 0 Å². The Bertz CT molecular complexity index is 1010. The molecule has 28 heavy (non-hydrogen) atoms. The maximum absolute atomic E-state index is 5.90. The molecule has 1 N–H and O–H groups in total. The molecular formula is C24H25N3O. The van der Waals surface area contributed by atoms with Gasteiger partial charge in [-0.15, -0.1) is 0 Å². The van der Waals surface area contributed by atoms with Crippen LogP contribution in [0, 0.1) is 0 Å². The van der Waals surface area contributed by atoms with Gasteiger partial charge in [0, 0.05) is 30.7 Å². The molecule has 0 saturated heterocycles. The number of ether oxygens (including phenoxy) is 1. The topological polar surface area (TPSA) is 41.2 Å². The second kappa shape index (κ2) is 8.72. The zero-order valence-electron chi connectivity index (χ0n) is 16.1. The van der Waals surface area contributed by atoms with Gasteiger partial charge in [0.05, 0.1) is 11.7 Å². The molecule has 4 rings (SSSR count). The van der Waals surface area contributed by atoms with E-state index in [4.69, 9.17) is 4.74 Å². The fourth-order valence-electron chi connectivity index (χ4n) is 3.34. The second-order valence-electron chi connectivity index (χ2n) is 7.13. The van der Waals surface area contributed by atoms with Crippen LogP contribution in [0.2, 0.25) is 0 Å². The molecule has 142 valence electrons. The summed E-state index contributed by atoms with van der Waals surface area (Å²) in [5, 5.41) is 1.17. The highest BCUT2D eigenvalue weighted by molar-refractivity contribution is 5.83. The average molecular weight is 371 g/mol. The fourth-order valence-corrected chi connectivity index (χ4v) is 3.34. The van der Waals surface area contributed by atoms with Crippen LogP contribution in [0.25, 0.3) is 10.9 Å². The van der Waals surface area contributed by atoms with E-state index < -0.39 is 0 Å². The summed E-state index contributed by atoms with van der Waals surface area (Å²) in [5.74, 6) is 0.657. The quantitative estimate of drug-likeness (QED) is 0.483. The van der Waals surface area contributed by atoms with Gasteiger partial charge in [0.1, 0.15) is 6.61 Å². The molecule has 0 atom stereocenters. The SMILES string of the molecule is CN(CCc1ccccc1)Cc1c[nH]c2cnc(OCc3ccccc3)cc12. The minimum absolute atomic E-state index is 0.524. The largest absolute Gasteiger partial charge is 0.473 e. The molecule has 0 bridgehead atoms. The van der Waals surface area contributed by atoms with Crippen molar-refractivity contribution in [3.05, 3.63) is 95.8 Å². The summed E-state index contributed by atoms with van der Waals surface area (Å²) in [7, 11) is 2.16. The number of aromatic amines is 1. The molecule has 2 aromatic carbocycles. The van der Waals surface area contributed by atoms with Gasteiger partial charge in [0.2, 0.25) is 5.88 Å². The van der Waals surface area contributed by atoms with Crippen molar-refractivity contribution in [3.8, 4) is 5.88 Å². The molecule has 4 aromatic rings. The number of aromatic nitrogens is 2. The maximum Gasteiger partial charge on any atom is 0.214 e. The average Bonchev–Trinajstić information content (AvgIpc) is 3.14. The zero-order valence-corrected chi connectivity index (χ0v) is 16.1. The fraction of sp³-hybridized carbons (Fsp3) is 0.208. The van der Waals surface area contributed by atoms with Gasteiger partial charge < -0.3 is 14.6 Å². The van der Waals surface area contributed by atoms with E-state index >= 15 is 0 Å². The van der Waals surface area contributed by atoms with Gasteiger partial charge in [-0.05, 0) is 30.2 Å². The molecule has 0 aliphatic rings. The Kier molecular flexibility index (Phi) is 5.69. The highest BCUT2D eigenvalue weighted by Gasteiger charge is 2.09. The lowest BCUT2D eigenvalue weighted by Crippen LogP contribution is -2.20. The van der Waals surface area contributed by atoms with Crippen molar-refractivity contribution in [2.75, 3.05) is 13.6 Å². The molecule has 4 nitrogen and oxygen atoms in total. The molecule has 0 amide bonds. The number of rotatable bonds is 8. The van der Waals surface area contributed by atoms with E-state index in [0.29, 0.717) is 12.5 Å². The zero-order chi connectivity index (χ0) is 19.2. The van der Waals surface area contributed by atoms with Crippen LogP contribution >= 0.6 is 0 Å². The number of hydrogen-bond donors (Lipinski definition) is 1. The predicted molar refractivity (Wildman–Crippen MR) is 113 cm³/mol. The summed E-state index contributed by atoms with van der Waals surface area (Å²) < 4.78 is 5.90. The number of nitrogens with zero attached hydrogens (tertiary/aromatic N) is 2. The molecule has 4 heteroatoms. The van der Waals surface area contributed by atoms with Crippen LogP contribution in [0.15, 0.2) is 79.1 Å². The highest BCUT2D eigenvalue weighted by atomic mass is 16.5. The summed E-state index contributed by atoms with van der Waals surface area (Å²) in [6.45, 7) is 2.42. The Hall–Kier alpha value is -3.11. The van der Waals surface area contributed by atoms with Crippen molar-refractivity contribution in [3.63, 3.8) is 0 Å². The summed E-state index contributed by atoms with van der Waals surface area (Å²) in [4.78, 5) is 10.1. The van der Waals surface area contributed by atoms with E-state index in [-0.39, 0.29) is 0 Å². The number of likely N-dealkylation sites (N-methyl/N-ethyl adjacent to an activating group) is 1. The minimum Gasteiger partial charge on any atom is -0.473 e. The molecule has 0 fully saturated rings. The number of benzene rings is 2. The first-order chi connectivity index (χ1) is 13.8. The van der Waals surface area contributed by atoms with E-state index in [1.807, 2.05) is 30.5 Å². The lowest BCUT2D eigenvalue weighted by atomic mass is 10.1. The predicted octanol–water partition coefficient (Wildman–Crippen LogP) is 4.82. The van der Waals surface area contributed by atoms with Crippen molar-refractivity contribution in [1.29, 1.82) is 0 Å². The number of fused-ring (bicyclic) bond motifs is 1. The summed E-state index contributed by atoms with van der Waals surface area (Å²) in [6, 6.07) is 22.8. The maximum atomic E-state index is 5.90. The van der Waals surface area contributed by atoms with Crippen molar-refractivity contribution in [2.24, 2.45) is 0 Å². The van der Waals surface area contributed by atoms with Crippen LogP contribution in [0.5, 0.6) is 5.88 Å². The first-order valence-corrected chi connectivity index (χ1v) is 9.63. The standard InChI is InChI=1S/C24H25N3O/c1-27(13-12-19-8-4-2-5-9-19)17-21-15-25-23-16-26-24(14-22(21)23)28-18-20-10-6-3-7-11-20/h2-11,14-16,25H,12-13,17-18H2,1H3. The van der Waals surface area contributed by atoms with Gasteiger partial charge in [0.25, 0.3) is 0 Å². The first kappa shape index (κ1) is 18.3. The van der Waals surface area contributed by atoms with Crippen LogP contribution in [0.1, 0.15) is 16.7 Å². The number of hydrogen-bond acceptors (Lipinski definition) is 3. The van der Waals surface area contributed by atoms with Crippen LogP contribution in [0.4, 0.5) is 0 Å². The van der Waals surface area contributed by atoms with Crippen LogP contribution in [-0.4, -0.2) is 28.5 Å². The first-order valence-electron chi connectivity index (χ1n) is 9.63. The Morgan fingerprint density at radius 2 is 1.68 bits per heavy atom. The van der Waals surface area contributed by atoms with Gasteiger partial charge in [-0.25, -0.2) is 4.98 Å². The van der Waals surface area contributed by atoms with Crippen molar-refractivity contribution >= 4 is 10.9 Å². The molecule has 0 aliphatic carbocycles. The lowest BCUT2D eigenvalue weighted by molar-refractivity contribution is 0.294. The van der Waals surface area contributed by atoms with E-state index in [9.17, 15) is 0 Å². The second-order valence-corrected chi connectivity index (χ2v) is 7.13. The molecule has 0 radical (unpaired) electrons. The summed E-state index contributed by atoms with van der Waals surface area (Å²) in [6.07, 6.45) is 4.97. The third-order valence-corrected chi connectivity index (χ3v) is 4.92. The highest BCUT2D eigenvalue weighted by Crippen LogP contribution is 2.23. The van der Waals surface area contributed by atoms with E-state index in [1.165, 1.54) is 16.5 Å². The van der Waals surface area contributed by atoms with Crippen molar-refractivity contribution in [1.82, 2.24) is 14.9 Å². The van der Waals surface area contributed by atoms with Gasteiger partial charge >= 0.3 is 0 Å². The van der Waals surface area contributed by atoms with Crippen LogP contribution < -0.4 is 4.74 Å². The van der Waals surface area contributed by atoms with Crippen molar-refractivity contribution in [2.45, 2.75) is 19.6 Å². The van der Waals surface area contributed by atoms with Crippen molar-refractivity contribution < 1.29 is 4.74 Å². The summed E-state index contributed by atoms with van der Waals surface area (Å²) >= 11 is 0.